The second kappa shape index (κ2) is 12.3. The Hall–Kier alpha value is -3.23. The van der Waals surface area contributed by atoms with Crippen molar-refractivity contribution in [1.29, 1.82) is 0 Å². The Labute approximate surface area is 231 Å². The number of urea groups is 1. The summed E-state index contributed by atoms with van der Waals surface area (Å²) in [7, 11) is 1.64. The Morgan fingerprint density at radius 3 is 2.69 bits per heavy atom. The Morgan fingerprint density at radius 2 is 1.90 bits per heavy atom. The number of methoxy groups -OCH3 is 1. The molecule has 1 aromatic heterocycles. The number of aromatic nitrogens is 1. The third kappa shape index (κ3) is 6.17. The number of anilines is 1. The van der Waals surface area contributed by atoms with E-state index >= 15 is 0 Å². The summed E-state index contributed by atoms with van der Waals surface area (Å²) in [5.41, 5.74) is 2.36. The van der Waals surface area contributed by atoms with E-state index < -0.39 is 5.60 Å². The van der Waals surface area contributed by atoms with Crippen molar-refractivity contribution >= 4 is 22.6 Å². The number of rotatable bonds is 11. The molecule has 0 bridgehead atoms. The number of aliphatic hydroxyl groups is 1. The SMILES string of the molecule is CCCCCOc1cc(N2CCCN(Cc3cccc4c3ccn4CC3(O)CCNCC3)C2=O)ccc1OC. The number of hydrogen-bond donors (Lipinski definition) is 2. The second-order valence-corrected chi connectivity index (χ2v) is 10.9. The summed E-state index contributed by atoms with van der Waals surface area (Å²) in [5, 5.41) is 15.6. The molecule has 0 saturated carbocycles. The van der Waals surface area contributed by atoms with E-state index in [-0.39, 0.29) is 6.03 Å². The van der Waals surface area contributed by atoms with Gasteiger partial charge in [-0.2, -0.15) is 0 Å². The molecule has 2 N–H and O–H groups in total. The minimum absolute atomic E-state index is 0.00352. The molecule has 210 valence electrons. The number of piperidine rings is 1. The average molecular weight is 535 g/mol. The molecule has 0 radical (unpaired) electrons. The van der Waals surface area contributed by atoms with E-state index in [0.29, 0.717) is 37.7 Å². The van der Waals surface area contributed by atoms with Crippen molar-refractivity contribution in [2.45, 2.75) is 64.1 Å². The number of nitrogens with one attached hydrogen (secondary N) is 1. The third-order valence-electron chi connectivity index (χ3n) is 8.04. The monoisotopic (exact) mass is 534 g/mol. The quantitative estimate of drug-likeness (QED) is 0.332. The molecule has 39 heavy (non-hydrogen) atoms. The van der Waals surface area contributed by atoms with Crippen LogP contribution in [0, 0.1) is 0 Å². The first-order valence-electron chi connectivity index (χ1n) is 14.4. The second-order valence-electron chi connectivity index (χ2n) is 10.9. The summed E-state index contributed by atoms with van der Waals surface area (Å²) < 4.78 is 13.7. The molecule has 8 heteroatoms. The molecule has 3 aromatic rings. The fourth-order valence-corrected chi connectivity index (χ4v) is 5.78. The minimum atomic E-state index is -0.687. The number of nitrogens with zero attached hydrogens (tertiary/aromatic N) is 3. The summed E-state index contributed by atoms with van der Waals surface area (Å²) in [6, 6.07) is 14.1. The Morgan fingerprint density at radius 1 is 1.05 bits per heavy atom. The highest BCUT2D eigenvalue weighted by molar-refractivity contribution is 5.93. The maximum absolute atomic E-state index is 13.7. The number of fused-ring (bicyclic) bond motifs is 1. The van der Waals surface area contributed by atoms with Crippen LogP contribution in [-0.4, -0.2) is 66.1 Å². The summed E-state index contributed by atoms with van der Waals surface area (Å²) >= 11 is 0. The standard InChI is InChI=1S/C31H42N4O4/c1-3-4-5-20-39-29-21-25(10-11-28(29)38-2)35-18-7-17-33(30(35)36)22-24-8-6-9-27-26(24)12-19-34(27)23-31(37)13-15-32-16-14-31/h6,8-12,19,21,32,37H,3-5,7,13-18,20,22-23H2,1-2H3. The molecule has 5 rings (SSSR count). The van der Waals surface area contributed by atoms with E-state index in [1.165, 1.54) is 0 Å². The van der Waals surface area contributed by atoms with Gasteiger partial charge in [0.1, 0.15) is 0 Å². The van der Waals surface area contributed by atoms with Gasteiger partial charge in [-0.15, -0.1) is 0 Å². The molecule has 2 aliphatic heterocycles. The van der Waals surface area contributed by atoms with Crippen molar-refractivity contribution < 1.29 is 19.4 Å². The first-order valence-corrected chi connectivity index (χ1v) is 14.4. The minimum Gasteiger partial charge on any atom is -0.493 e. The number of unbranched alkanes of at least 4 members (excludes halogenated alkanes) is 2. The first-order chi connectivity index (χ1) is 19.0. The first kappa shape index (κ1) is 27.3. The number of benzene rings is 2. The van der Waals surface area contributed by atoms with Gasteiger partial charge in [0.2, 0.25) is 0 Å². The molecule has 0 unspecified atom stereocenters. The lowest BCUT2D eigenvalue weighted by atomic mass is 9.92. The van der Waals surface area contributed by atoms with E-state index in [2.05, 4.69) is 47.3 Å². The lowest BCUT2D eigenvalue weighted by molar-refractivity contribution is -0.00432. The van der Waals surface area contributed by atoms with E-state index in [4.69, 9.17) is 9.47 Å². The van der Waals surface area contributed by atoms with Gasteiger partial charge in [0.25, 0.3) is 0 Å². The van der Waals surface area contributed by atoms with Gasteiger partial charge < -0.3 is 29.4 Å². The Balaban J connectivity index is 1.31. The van der Waals surface area contributed by atoms with Crippen LogP contribution in [0.1, 0.15) is 51.0 Å². The van der Waals surface area contributed by atoms with Crippen molar-refractivity contribution in [1.82, 2.24) is 14.8 Å². The van der Waals surface area contributed by atoms with Crippen LogP contribution in [0.25, 0.3) is 10.9 Å². The smallest absolute Gasteiger partial charge is 0.324 e. The molecular formula is C31H42N4O4. The van der Waals surface area contributed by atoms with E-state index in [1.807, 2.05) is 28.0 Å². The van der Waals surface area contributed by atoms with Gasteiger partial charge >= 0.3 is 6.03 Å². The van der Waals surface area contributed by atoms with Gasteiger partial charge in [0, 0.05) is 48.5 Å². The fourth-order valence-electron chi connectivity index (χ4n) is 5.78. The molecule has 2 amide bonds. The van der Waals surface area contributed by atoms with Crippen molar-refractivity contribution in [3.05, 3.63) is 54.2 Å². The maximum atomic E-state index is 13.7. The molecule has 2 aliphatic rings. The van der Waals surface area contributed by atoms with Crippen molar-refractivity contribution in [2.24, 2.45) is 0 Å². The normalized spacial score (nSPS) is 17.6. The number of hydrogen-bond acceptors (Lipinski definition) is 5. The van der Waals surface area contributed by atoms with E-state index in [0.717, 1.165) is 80.3 Å². The topological polar surface area (TPSA) is 79.2 Å². The van der Waals surface area contributed by atoms with Crippen LogP contribution in [0.3, 0.4) is 0 Å². The molecule has 3 heterocycles. The van der Waals surface area contributed by atoms with Crippen LogP contribution < -0.4 is 19.7 Å². The zero-order valence-corrected chi connectivity index (χ0v) is 23.3. The maximum Gasteiger partial charge on any atom is 0.324 e. The highest BCUT2D eigenvalue weighted by Crippen LogP contribution is 2.34. The summed E-state index contributed by atoms with van der Waals surface area (Å²) in [5.74, 6) is 1.36. The molecule has 2 fully saturated rings. The van der Waals surface area contributed by atoms with E-state index in [9.17, 15) is 9.90 Å². The van der Waals surface area contributed by atoms with Crippen LogP contribution in [0.5, 0.6) is 11.5 Å². The molecule has 0 spiro atoms. The molecule has 2 saturated heterocycles. The van der Waals surface area contributed by atoms with Gasteiger partial charge in [0.05, 0.1) is 25.9 Å². The van der Waals surface area contributed by atoms with Gasteiger partial charge in [-0.3, -0.25) is 4.90 Å². The zero-order chi connectivity index (χ0) is 27.2. The predicted molar refractivity (Wildman–Crippen MR) is 155 cm³/mol. The van der Waals surface area contributed by atoms with Crippen LogP contribution in [0.2, 0.25) is 0 Å². The predicted octanol–water partition coefficient (Wildman–Crippen LogP) is 5.17. The molecule has 8 nitrogen and oxygen atoms in total. The average Bonchev–Trinajstić information content (AvgIpc) is 3.35. The van der Waals surface area contributed by atoms with Crippen LogP contribution in [0.4, 0.5) is 10.5 Å². The molecule has 2 aromatic carbocycles. The van der Waals surface area contributed by atoms with Crippen LogP contribution in [-0.2, 0) is 13.1 Å². The number of amides is 2. The highest BCUT2D eigenvalue weighted by Gasteiger charge is 2.31. The Kier molecular flexibility index (Phi) is 8.63. The summed E-state index contributed by atoms with van der Waals surface area (Å²) in [6.07, 6.45) is 7.71. The zero-order valence-electron chi connectivity index (χ0n) is 23.3. The molecule has 0 atom stereocenters. The van der Waals surface area contributed by atoms with Crippen LogP contribution in [0.15, 0.2) is 48.7 Å². The molecular weight excluding hydrogens is 492 g/mol. The van der Waals surface area contributed by atoms with Gasteiger partial charge in [-0.25, -0.2) is 4.79 Å². The summed E-state index contributed by atoms with van der Waals surface area (Å²) in [6.45, 7) is 7.00. The summed E-state index contributed by atoms with van der Waals surface area (Å²) in [4.78, 5) is 17.5. The fraction of sp³-hybridized carbons (Fsp3) is 0.516. The lowest BCUT2D eigenvalue weighted by Gasteiger charge is -2.36. The van der Waals surface area contributed by atoms with Crippen molar-refractivity contribution in [3.8, 4) is 11.5 Å². The van der Waals surface area contributed by atoms with Gasteiger partial charge in [-0.05, 0) is 68.6 Å². The van der Waals surface area contributed by atoms with Gasteiger partial charge in [-0.1, -0.05) is 31.9 Å². The number of carbonyl (C=O) groups is 1. The number of ether oxygens (including phenoxy) is 2. The van der Waals surface area contributed by atoms with E-state index in [1.54, 1.807) is 7.11 Å². The number of carbonyl (C=O) groups excluding carboxylic acids is 1. The van der Waals surface area contributed by atoms with Crippen molar-refractivity contribution in [2.75, 3.05) is 44.8 Å². The highest BCUT2D eigenvalue weighted by atomic mass is 16.5. The largest absolute Gasteiger partial charge is 0.493 e. The lowest BCUT2D eigenvalue weighted by Crippen LogP contribution is -2.49. The molecule has 0 aliphatic carbocycles. The Bertz CT molecular complexity index is 1270. The third-order valence-corrected chi connectivity index (χ3v) is 8.04. The van der Waals surface area contributed by atoms with Crippen molar-refractivity contribution in [3.63, 3.8) is 0 Å². The van der Waals surface area contributed by atoms with Gasteiger partial charge in [0.15, 0.2) is 11.5 Å². The van der Waals surface area contributed by atoms with Crippen LogP contribution >= 0.6 is 0 Å².